The van der Waals surface area contributed by atoms with E-state index in [1.807, 2.05) is 0 Å². The molecule has 0 aliphatic heterocycles. The SMILES string of the molecule is Cc1ccc(-c2ccc(C(C)(C)C)cc2)c2c1[CH]([Zr]([Cl])([Cl])([CH]1C(C(C)C)=Cc3c(-c4ccc(C(C)(C)C)cc4)cccc31)[SiH](C)C)C=C2. The maximum absolute atomic E-state index is 8.59. The van der Waals surface area contributed by atoms with Gasteiger partial charge in [-0.1, -0.05) is 0 Å². The van der Waals surface area contributed by atoms with Crippen LogP contribution in [0.3, 0.4) is 0 Å². The number of hydrogen-bond donors (Lipinski definition) is 0. The van der Waals surface area contributed by atoms with Gasteiger partial charge in [0.15, 0.2) is 0 Å². The number of halogens is 2. The monoisotopic (exact) mass is 769 g/mol. The third kappa shape index (κ3) is 5.86. The van der Waals surface area contributed by atoms with Crippen LogP contribution in [0.15, 0.2) is 90.5 Å². The van der Waals surface area contributed by atoms with E-state index in [1.54, 1.807) is 0 Å². The van der Waals surface area contributed by atoms with Gasteiger partial charge in [-0.3, -0.25) is 0 Å². The molecule has 0 radical (unpaired) electrons. The molecule has 0 nitrogen and oxygen atoms in total. The zero-order valence-corrected chi connectivity index (χ0v) is 35.9. The fourth-order valence-corrected chi connectivity index (χ4v) is 37.8. The van der Waals surface area contributed by atoms with E-state index in [-0.39, 0.29) is 18.1 Å². The fraction of sp³-hybridized carbons (Fsp3) is 0.364. The predicted molar refractivity (Wildman–Crippen MR) is 214 cm³/mol. The van der Waals surface area contributed by atoms with Gasteiger partial charge in [0.1, 0.15) is 0 Å². The van der Waals surface area contributed by atoms with Crippen molar-refractivity contribution < 1.29 is 15.6 Å². The van der Waals surface area contributed by atoms with Crippen molar-refractivity contribution in [3.05, 3.63) is 129 Å². The first-order valence-electron chi connectivity index (χ1n) is 17.8. The third-order valence-electron chi connectivity index (χ3n) is 11.4. The van der Waals surface area contributed by atoms with E-state index in [2.05, 4.69) is 172 Å². The Balaban J connectivity index is 1.51. The molecule has 0 aromatic heterocycles. The molecular weight excluding hydrogens is 719 g/mol. The van der Waals surface area contributed by atoms with Crippen LogP contribution in [0.25, 0.3) is 34.4 Å². The van der Waals surface area contributed by atoms with Crippen molar-refractivity contribution in [2.45, 2.75) is 93.5 Å². The molecular formula is C44H53Cl2SiZr. The van der Waals surface area contributed by atoms with Crippen LogP contribution < -0.4 is 0 Å². The molecule has 2 atom stereocenters. The average molecular weight is 772 g/mol. The number of fused-ring (bicyclic) bond motifs is 2. The van der Waals surface area contributed by atoms with Crippen LogP contribution in [0.2, 0.25) is 13.1 Å². The summed E-state index contributed by atoms with van der Waals surface area (Å²) in [4.78, 5) is 0. The molecule has 0 saturated heterocycles. The van der Waals surface area contributed by atoms with Crippen molar-refractivity contribution in [1.82, 2.24) is 0 Å². The molecule has 48 heavy (non-hydrogen) atoms. The molecule has 0 bridgehead atoms. The summed E-state index contributed by atoms with van der Waals surface area (Å²) in [5.74, 6) is -1.28. The molecule has 4 heteroatoms. The summed E-state index contributed by atoms with van der Waals surface area (Å²) < 4.78 is 0.151. The van der Waals surface area contributed by atoms with Gasteiger partial charge in [-0.05, 0) is 0 Å². The van der Waals surface area contributed by atoms with E-state index >= 15 is 0 Å². The normalized spacial score (nSPS) is 18.6. The Labute approximate surface area is 299 Å². The van der Waals surface area contributed by atoms with Gasteiger partial charge in [-0.2, -0.15) is 0 Å². The summed E-state index contributed by atoms with van der Waals surface area (Å²) in [6, 6.07) is 29.8. The molecule has 2 aliphatic rings. The molecule has 4 aromatic carbocycles. The molecule has 251 valence electrons. The van der Waals surface area contributed by atoms with Gasteiger partial charge in [0, 0.05) is 0 Å². The van der Waals surface area contributed by atoms with Crippen LogP contribution in [0.4, 0.5) is 0 Å². The minimum atomic E-state index is -4.79. The number of allylic oxidation sites excluding steroid dienone is 2. The Bertz CT molecular complexity index is 1930. The topological polar surface area (TPSA) is 0 Å². The molecule has 0 N–H and O–H groups in total. The van der Waals surface area contributed by atoms with E-state index < -0.39 is 21.5 Å². The van der Waals surface area contributed by atoms with E-state index in [0.717, 1.165) is 0 Å². The Morgan fingerprint density at radius 2 is 1.21 bits per heavy atom. The van der Waals surface area contributed by atoms with E-state index in [0.29, 0.717) is 5.92 Å². The molecule has 0 heterocycles. The Kier molecular flexibility index (Phi) is 9.24. The van der Waals surface area contributed by atoms with Crippen LogP contribution in [0, 0.1) is 12.8 Å². The Morgan fingerprint density at radius 1 is 0.688 bits per heavy atom. The third-order valence-corrected chi connectivity index (χ3v) is 63.2. The fourth-order valence-electron chi connectivity index (χ4n) is 8.30. The standard InChI is InChI=1S/C22H25.C20H21.C2H7Si.2ClH.Zr/c1-15(2)18-13-17-7-6-8-20(21(17)14-18)16-9-11-19(12-10-16)22(3,4)5;1-14-8-13-18(19-7-5-6-17(14)19)15-9-11-16(12-10-15)20(2,3)4;1-3-2;;;/h6-15H,1-5H3;5-13H,1-4H3;3H,1-2H3;2*1H;/q;;;;;+2/p-2. The number of rotatable bonds is 6. The summed E-state index contributed by atoms with van der Waals surface area (Å²) in [5, 5.41) is 0. The predicted octanol–water partition coefficient (Wildman–Crippen LogP) is 13.8. The molecule has 2 unspecified atom stereocenters. The van der Waals surface area contributed by atoms with Crippen LogP contribution in [0.5, 0.6) is 0 Å². The van der Waals surface area contributed by atoms with Gasteiger partial charge in [0.2, 0.25) is 0 Å². The Morgan fingerprint density at radius 3 is 1.69 bits per heavy atom. The summed E-state index contributed by atoms with van der Waals surface area (Å²) in [6.07, 6.45) is 7.26. The van der Waals surface area contributed by atoms with Crippen molar-refractivity contribution >= 4 is 35.1 Å². The van der Waals surface area contributed by atoms with Crippen LogP contribution >= 0.6 is 17.0 Å². The molecule has 4 aromatic rings. The van der Waals surface area contributed by atoms with Crippen LogP contribution in [0.1, 0.15) is 102 Å². The summed E-state index contributed by atoms with van der Waals surface area (Å²) in [6.45, 7) is 25.4. The van der Waals surface area contributed by atoms with Gasteiger partial charge in [0.25, 0.3) is 0 Å². The van der Waals surface area contributed by atoms with E-state index in [9.17, 15) is 0 Å². The molecule has 6 rings (SSSR count). The quantitative estimate of drug-likeness (QED) is 0.171. The second-order valence-corrected chi connectivity index (χ2v) is 59.8. The summed E-state index contributed by atoms with van der Waals surface area (Å²) in [7, 11) is 17.2. The number of benzene rings is 4. The van der Waals surface area contributed by atoms with Crippen molar-refractivity contribution in [2.24, 2.45) is 5.92 Å². The number of hydrogen-bond acceptors (Lipinski definition) is 0. The van der Waals surface area contributed by atoms with Gasteiger partial charge < -0.3 is 0 Å². The van der Waals surface area contributed by atoms with E-state index in [1.165, 1.54) is 66.8 Å². The average Bonchev–Trinajstić information content (AvgIpc) is 3.65. The number of aryl methyl sites for hydroxylation is 1. The first kappa shape index (κ1) is 35.9. The van der Waals surface area contributed by atoms with Crippen molar-refractivity contribution in [3.63, 3.8) is 0 Å². The van der Waals surface area contributed by atoms with Crippen LogP contribution in [-0.4, -0.2) is 5.92 Å². The van der Waals surface area contributed by atoms with Crippen molar-refractivity contribution in [1.29, 1.82) is 0 Å². The van der Waals surface area contributed by atoms with Crippen LogP contribution in [-0.2, 0) is 26.4 Å². The summed E-state index contributed by atoms with van der Waals surface area (Å²) in [5.41, 5.74) is 16.1. The Hall–Kier alpha value is -1.96. The van der Waals surface area contributed by atoms with Gasteiger partial charge in [-0.25, -0.2) is 0 Å². The first-order chi connectivity index (χ1) is 22.3. The van der Waals surface area contributed by atoms with E-state index in [4.69, 9.17) is 17.0 Å². The second kappa shape index (κ2) is 12.4. The second-order valence-electron chi connectivity index (χ2n) is 17.2. The molecule has 0 fully saturated rings. The zero-order valence-electron chi connectivity index (χ0n) is 30.8. The molecule has 2 aliphatic carbocycles. The summed E-state index contributed by atoms with van der Waals surface area (Å²) >= 11 is -4.79. The molecule has 0 amide bonds. The minimum absolute atomic E-state index is 0.0677. The van der Waals surface area contributed by atoms with Crippen molar-refractivity contribution in [2.75, 3.05) is 0 Å². The van der Waals surface area contributed by atoms with Gasteiger partial charge in [0.05, 0.1) is 0 Å². The maximum atomic E-state index is 8.59. The van der Waals surface area contributed by atoms with Gasteiger partial charge in [-0.15, -0.1) is 0 Å². The van der Waals surface area contributed by atoms with Gasteiger partial charge >= 0.3 is 302 Å². The molecule has 0 saturated carbocycles. The van der Waals surface area contributed by atoms with Crippen molar-refractivity contribution in [3.8, 4) is 22.3 Å². The molecule has 0 spiro atoms. The first-order valence-corrected chi connectivity index (χ1v) is 34.1. The zero-order chi connectivity index (χ0) is 35.0.